The maximum Gasteiger partial charge on any atom is 0.124 e. The van der Waals surface area contributed by atoms with Crippen molar-refractivity contribution in [3.8, 4) is 5.75 Å². The SMILES string of the molecule is CCC(N)Cc1ccc(OCc2sccc2Br)cc1. The first-order chi connectivity index (χ1) is 9.19. The summed E-state index contributed by atoms with van der Waals surface area (Å²) in [6.07, 6.45) is 1.93. The summed E-state index contributed by atoms with van der Waals surface area (Å²) in [5.41, 5.74) is 7.21. The van der Waals surface area contributed by atoms with E-state index >= 15 is 0 Å². The van der Waals surface area contributed by atoms with Crippen molar-refractivity contribution in [2.45, 2.75) is 32.4 Å². The lowest BCUT2D eigenvalue weighted by Gasteiger charge is -2.10. The third-order valence-electron chi connectivity index (χ3n) is 3.01. The summed E-state index contributed by atoms with van der Waals surface area (Å²) in [5.74, 6) is 0.897. The molecule has 102 valence electrons. The van der Waals surface area contributed by atoms with Gasteiger partial charge in [0, 0.05) is 10.5 Å². The molecule has 0 saturated heterocycles. The van der Waals surface area contributed by atoms with E-state index in [0.717, 1.165) is 23.1 Å². The van der Waals surface area contributed by atoms with Crippen LogP contribution in [0.2, 0.25) is 0 Å². The van der Waals surface area contributed by atoms with Gasteiger partial charge in [0.05, 0.1) is 4.88 Å². The highest BCUT2D eigenvalue weighted by Crippen LogP contribution is 2.24. The third-order valence-corrected chi connectivity index (χ3v) is 4.91. The molecule has 0 aliphatic heterocycles. The Balaban J connectivity index is 1.90. The minimum atomic E-state index is 0.244. The van der Waals surface area contributed by atoms with Crippen LogP contribution in [-0.4, -0.2) is 6.04 Å². The first-order valence-corrected chi connectivity index (χ1v) is 8.05. The van der Waals surface area contributed by atoms with Crippen LogP contribution in [0.15, 0.2) is 40.2 Å². The molecule has 19 heavy (non-hydrogen) atoms. The zero-order chi connectivity index (χ0) is 13.7. The Morgan fingerprint density at radius 3 is 2.58 bits per heavy atom. The Morgan fingerprint density at radius 1 is 1.26 bits per heavy atom. The van der Waals surface area contributed by atoms with Gasteiger partial charge in [-0.25, -0.2) is 0 Å². The molecule has 1 unspecified atom stereocenters. The topological polar surface area (TPSA) is 35.2 Å². The van der Waals surface area contributed by atoms with Gasteiger partial charge >= 0.3 is 0 Å². The van der Waals surface area contributed by atoms with Crippen molar-refractivity contribution in [1.82, 2.24) is 0 Å². The van der Waals surface area contributed by atoms with Crippen LogP contribution in [0.1, 0.15) is 23.8 Å². The predicted octanol–water partition coefficient (Wildman–Crippen LogP) is 4.37. The average Bonchev–Trinajstić information content (AvgIpc) is 2.83. The van der Waals surface area contributed by atoms with Gasteiger partial charge in [0.25, 0.3) is 0 Å². The van der Waals surface area contributed by atoms with Crippen LogP contribution < -0.4 is 10.5 Å². The second kappa shape index (κ2) is 7.08. The lowest BCUT2D eigenvalue weighted by Crippen LogP contribution is -2.21. The molecule has 0 aliphatic carbocycles. The fourth-order valence-corrected chi connectivity index (χ4v) is 3.12. The quantitative estimate of drug-likeness (QED) is 0.847. The number of nitrogens with two attached hydrogens (primary N) is 1. The number of hydrogen-bond acceptors (Lipinski definition) is 3. The number of rotatable bonds is 6. The van der Waals surface area contributed by atoms with Crippen LogP contribution in [-0.2, 0) is 13.0 Å². The second-order valence-electron chi connectivity index (χ2n) is 4.50. The Kier molecular flexibility index (Phi) is 5.43. The Labute approximate surface area is 126 Å². The monoisotopic (exact) mass is 339 g/mol. The molecule has 1 atom stereocenters. The smallest absolute Gasteiger partial charge is 0.124 e. The minimum absolute atomic E-state index is 0.244. The van der Waals surface area contributed by atoms with Gasteiger partial charge in [0.2, 0.25) is 0 Å². The van der Waals surface area contributed by atoms with E-state index in [0.29, 0.717) is 6.61 Å². The van der Waals surface area contributed by atoms with Gasteiger partial charge in [-0.3, -0.25) is 0 Å². The summed E-state index contributed by atoms with van der Waals surface area (Å²) in [4.78, 5) is 1.21. The van der Waals surface area contributed by atoms with Crippen LogP contribution in [0.5, 0.6) is 5.75 Å². The van der Waals surface area contributed by atoms with E-state index < -0.39 is 0 Å². The van der Waals surface area contributed by atoms with Crippen molar-refractivity contribution in [3.05, 3.63) is 50.6 Å². The largest absolute Gasteiger partial charge is 0.488 e. The number of halogens is 1. The van der Waals surface area contributed by atoms with Gasteiger partial charge in [-0.2, -0.15) is 0 Å². The molecule has 2 aromatic rings. The highest BCUT2D eigenvalue weighted by Gasteiger charge is 2.04. The minimum Gasteiger partial charge on any atom is -0.488 e. The molecule has 4 heteroatoms. The summed E-state index contributed by atoms with van der Waals surface area (Å²) < 4.78 is 6.88. The highest BCUT2D eigenvalue weighted by atomic mass is 79.9. The van der Waals surface area contributed by atoms with Gasteiger partial charge in [0.15, 0.2) is 0 Å². The van der Waals surface area contributed by atoms with Crippen molar-refractivity contribution in [1.29, 1.82) is 0 Å². The van der Waals surface area contributed by atoms with Crippen LogP contribution in [0, 0.1) is 0 Å². The van der Waals surface area contributed by atoms with Crippen LogP contribution in [0.3, 0.4) is 0 Å². The van der Waals surface area contributed by atoms with Crippen molar-refractivity contribution in [2.24, 2.45) is 5.73 Å². The first-order valence-electron chi connectivity index (χ1n) is 6.38. The van der Waals surface area contributed by atoms with Crippen LogP contribution >= 0.6 is 27.3 Å². The van der Waals surface area contributed by atoms with E-state index in [2.05, 4.69) is 40.4 Å². The fourth-order valence-electron chi connectivity index (χ4n) is 1.75. The van der Waals surface area contributed by atoms with Crippen LogP contribution in [0.4, 0.5) is 0 Å². The van der Waals surface area contributed by atoms with Crippen molar-refractivity contribution >= 4 is 27.3 Å². The Hall–Kier alpha value is -0.840. The molecule has 0 fully saturated rings. The second-order valence-corrected chi connectivity index (χ2v) is 6.35. The molecule has 1 aromatic heterocycles. The number of hydrogen-bond donors (Lipinski definition) is 1. The summed E-state index contributed by atoms with van der Waals surface area (Å²) in [5, 5.41) is 2.05. The molecular weight excluding hydrogens is 322 g/mol. The summed E-state index contributed by atoms with van der Waals surface area (Å²) in [6.45, 7) is 2.72. The van der Waals surface area contributed by atoms with E-state index in [9.17, 15) is 0 Å². The Morgan fingerprint density at radius 2 is 2.00 bits per heavy atom. The summed E-state index contributed by atoms with van der Waals surface area (Å²) >= 11 is 5.20. The molecule has 0 radical (unpaired) electrons. The molecule has 0 bridgehead atoms. The van der Waals surface area contributed by atoms with Crippen molar-refractivity contribution in [2.75, 3.05) is 0 Å². The lowest BCUT2D eigenvalue weighted by molar-refractivity contribution is 0.309. The first kappa shape index (κ1) is 14.6. The van der Waals surface area contributed by atoms with Gasteiger partial charge in [-0.15, -0.1) is 11.3 Å². The van der Waals surface area contributed by atoms with E-state index in [1.54, 1.807) is 11.3 Å². The molecule has 0 amide bonds. The normalized spacial score (nSPS) is 12.4. The van der Waals surface area contributed by atoms with Gasteiger partial charge < -0.3 is 10.5 Å². The molecular formula is C15H18BrNOS. The van der Waals surface area contributed by atoms with Crippen LogP contribution in [0.25, 0.3) is 0 Å². The van der Waals surface area contributed by atoms with Crippen molar-refractivity contribution in [3.63, 3.8) is 0 Å². The molecule has 2 rings (SSSR count). The van der Waals surface area contributed by atoms with E-state index in [1.807, 2.05) is 18.2 Å². The molecule has 0 spiro atoms. The average molecular weight is 340 g/mol. The molecule has 2 nitrogen and oxygen atoms in total. The fraction of sp³-hybridized carbons (Fsp3) is 0.333. The number of thiophene rings is 1. The zero-order valence-electron chi connectivity index (χ0n) is 10.9. The molecule has 0 saturated carbocycles. The van der Waals surface area contributed by atoms with E-state index in [4.69, 9.17) is 10.5 Å². The molecule has 1 aromatic carbocycles. The van der Waals surface area contributed by atoms with E-state index in [-0.39, 0.29) is 6.04 Å². The van der Waals surface area contributed by atoms with Gasteiger partial charge in [-0.1, -0.05) is 19.1 Å². The Bertz CT molecular complexity index is 509. The summed E-state index contributed by atoms with van der Waals surface area (Å²) in [7, 11) is 0. The number of benzene rings is 1. The number of ether oxygens (including phenoxy) is 1. The molecule has 0 aliphatic rings. The van der Waals surface area contributed by atoms with Crippen molar-refractivity contribution < 1.29 is 4.74 Å². The van der Waals surface area contributed by atoms with E-state index in [1.165, 1.54) is 10.4 Å². The highest BCUT2D eigenvalue weighted by molar-refractivity contribution is 9.10. The van der Waals surface area contributed by atoms with Gasteiger partial charge in [-0.05, 0) is 57.9 Å². The molecule has 2 N–H and O–H groups in total. The summed E-state index contributed by atoms with van der Waals surface area (Å²) in [6, 6.07) is 10.5. The third kappa shape index (κ3) is 4.34. The molecule has 1 heterocycles. The zero-order valence-corrected chi connectivity index (χ0v) is 13.3. The predicted molar refractivity (Wildman–Crippen MR) is 84.8 cm³/mol. The standard InChI is InChI=1S/C15H18BrNOS/c1-2-12(17)9-11-3-5-13(6-4-11)18-10-15-14(16)7-8-19-15/h3-8,12H,2,9-10,17H2,1H3. The maximum atomic E-state index is 5.95. The lowest BCUT2D eigenvalue weighted by atomic mass is 10.0. The maximum absolute atomic E-state index is 5.95. The van der Waals surface area contributed by atoms with Gasteiger partial charge in [0.1, 0.15) is 12.4 Å².